The van der Waals surface area contributed by atoms with Crippen LogP contribution in [0, 0.1) is 0 Å². The van der Waals surface area contributed by atoms with Gasteiger partial charge in [0.05, 0.1) is 16.4 Å². The van der Waals surface area contributed by atoms with E-state index in [2.05, 4.69) is 10.4 Å². The van der Waals surface area contributed by atoms with Crippen LogP contribution in [0.25, 0.3) is 20.9 Å². The van der Waals surface area contributed by atoms with Gasteiger partial charge in [0.15, 0.2) is 11.6 Å². The van der Waals surface area contributed by atoms with E-state index in [9.17, 15) is 14.7 Å². The Morgan fingerprint density at radius 1 is 1.32 bits per heavy atom. The van der Waals surface area contributed by atoms with Crippen LogP contribution in [-0.4, -0.2) is 38.0 Å². The number of rotatable bonds is 5. The lowest BCUT2D eigenvalue weighted by molar-refractivity contribution is -0.135. The molecule has 0 spiro atoms. The number of nitrogens with zero attached hydrogens (tertiary/aromatic N) is 3. The Labute approximate surface area is 186 Å². The number of anilines is 1. The summed E-state index contributed by atoms with van der Waals surface area (Å²) in [5.74, 6) is 0.109. The van der Waals surface area contributed by atoms with E-state index in [-0.39, 0.29) is 0 Å². The van der Waals surface area contributed by atoms with Gasteiger partial charge in [0, 0.05) is 22.9 Å². The predicted octanol–water partition coefficient (Wildman–Crippen LogP) is 3.85. The molecule has 2 amide bonds. The van der Waals surface area contributed by atoms with Crippen molar-refractivity contribution < 1.29 is 14.7 Å². The van der Waals surface area contributed by atoms with Crippen LogP contribution < -0.4 is 5.43 Å². The van der Waals surface area contributed by atoms with E-state index in [1.165, 1.54) is 28.7 Å². The fourth-order valence-corrected chi connectivity index (χ4v) is 5.22. The Hall–Kier alpha value is -3.14. The summed E-state index contributed by atoms with van der Waals surface area (Å²) in [6.07, 6.45) is 7.86. The van der Waals surface area contributed by atoms with Crippen LogP contribution in [0.3, 0.4) is 0 Å². The Morgan fingerprint density at radius 2 is 2.19 bits per heavy atom. The van der Waals surface area contributed by atoms with Gasteiger partial charge in [0.25, 0.3) is 11.8 Å². The fraction of sp³-hybridized carbons (Fsp3) is 0.182. The molecule has 0 bridgehead atoms. The second-order valence-electron chi connectivity index (χ2n) is 7.32. The summed E-state index contributed by atoms with van der Waals surface area (Å²) >= 11 is 3.03. The van der Waals surface area contributed by atoms with E-state index < -0.39 is 17.9 Å². The van der Waals surface area contributed by atoms with Crippen molar-refractivity contribution >= 4 is 50.5 Å². The number of aliphatic hydroxyl groups is 1. The molecule has 0 saturated carbocycles. The largest absolute Gasteiger partial charge is 0.388 e. The summed E-state index contributed by atoms with van der Waals surface area (Å²) in [6, 6.07) is 5.81. The lowest BCUT2D eigenvalue weighted by atomic mass is 9.98. The van der Waals surface area contributed by atoms with Gasteiger partial charge in [-0.3, -0.25) is 15.0 Å². The molecular weight excluding hydrogens is 432 g/mol. The van der Waals surface area contributed by atoms with Crippen LogP contribution in [0.5, 0.6) is 0 Å². The minimum Gasteiger partial charge on any atom is -0.388 e. The first-order valence-corrected chi connectivity index (χ1v) is 11.4. The number of carbonyl (C=O) groups is 2. The summed E-state index contributed by atoms with van der Waals surface area (Å²) in [5.41, 5.74) is 4.23. The molecular formula is C22H18N4O3S2. The zero-order valence-electron chi connectivity index (χ0n) is 16.5. The molecule has 1 aliphatic carbocycles. The summed E-state index contributed by atoms with van der Waals surface area (Å²) < 4.78 is 0. The molecule has 156 valence electrons. The molecule has 1 unspecified atom stereocenters. The SMILES string of the molecule is CC1=CC(=O)N(Nc2nc(-c3cccs3)nc3sc(CC4=CC=CCC4O)cc23)C1=O. The second kappa shape index (κ2) is 7.84. The fourth-order valence-electron chi connectivity index (χ4n) is 3.50. The van der Waals surface area contributed by atoms with Crippen molar-refractivity contribution in [2.24, 2.45) is 0 Å². The van der Waals surface area contributed by atoms with Gasteiger partial charge < -0.3 is 5.11 Å². The average Bonchev–Trinajstić information content (AvgIpc) is 3.46. The molecule has 0 radical (unpaired) electrons. The highest BCUT2D eigenvalue weighted by Crippen LogP contribution is 2.35. The molecule has 1 aliphatic heterocycles. The lowest BCUT2D eigenvalue weighted by Crippen LogP contribution is -2.36. The van der Waals surface area contributed by atoms with E-state index in [0.29, 0.717) is 30.1 Å². The minimum atomic E-state index is -0.491. The number of hydrogen-bond donors (Lipinski definition) is 2. The van der Waals surface area contributed by atoms with Gasteiger partial charge in [0.2, 0.25) is 0 Å². The van der Waals surface area contributed by atoms with Crippen molar-refractivity contribution in [1.82, 2.24) is 15.0 Å². The van der Waals surface area contributed by atoms with Crippen LogP contribution >= 0.6 is 22.7 Å². The van der Waals surface area contributed by atoms with Crippen LogP contribution in [0.2, 0.25) is 0 Å². The van der Waals surface area contributed by atoms with E-state index in [1.54, 1.807) is 6.92 Å². The number of fused-ring (bicyclic) bond motifs is 1. The highest BCUT2D eigenvalue weighted by molar-refractivity contribution is 7.18. The maximum absolute atomic E-state index is 12.4. The lowest BCUT2D eigenvalue weighted by Gasteiger charge is -2.17. The smallest absolute Gasteiger partial charge is 0.275 e. The maximum atomic E-state index is 12.4. The number of nitrogens with one attached hydrogen (secondary N) is 1. The molecule has 5 rings (SSSR count). The molecule has 9 heteroatoms. The van der Waals surface area contributed by atoms with Gasteiger partial charge in [-0.2, -0.15) is 5.01 Å². The van der Waals surface area contributed by atoms with Crippen LogP contribution in [0.4, 0.5) is 5.82 Å². The average molecular weight is 451 g/mol. The summed E-state index contributed by atoms with van der Waals surface area (Å²) in [6.45, 7) is 1.61. The van der Waals surface area contributed by atoms with E-state index >= 15 is 0 Å². The number of aliphatic hydroxyl groups excluding tert-OH is 1. The third kappa shape index (κ3) is 3.71. The zero-order chi connectivity index (χ0) is 21.5. The Kier molecular flexibility index (Phi) is 5.01. The molecule has 3 aromatic rings. The molecule has 0 saturated heterocycles. The molecule has 1 atom stereocenters. The van der Waals surface area contributed by atoms with Gasteiger partial charge in [-0.25, -0.2) is 9.97 Å². The van der Waals surface area contributed by atoms with Gasteiger partial charge in [-0.15, -0.1) is 22.7 Å². The number of hydrogen-bond acceptors (Lipinski definition) is 8. The molecule has 31 heavy (non-hydrogen) atoms. The molecule has 7 nitrogen and oxygen atoms in total. The van der Waals surface area contributed by atoms with Crippen molar-refractivity contribution in [3.63, 3.8) is 0 Å². The quantitative estimate of drug-likeness (QED) is 0.574. The first kappa shape index (κ1) is 19.8. The number of imide groups is 1. The molecule has 0 fully saturated rings. The third-order valence-electron chi connectivity index (χ3n) is 5.12. The van der Waals surface area contributed by atoms with Crippen molar-refractivity contribution in [3.05, 3.63) is 63.9 Å². The monoisotopic (exact) mass is 450 g/mol. The van der Waals surface area contributed by atoms with E-state index in [0.717, 1.165) is 30.6 Å². The van der Waals surface area contributed by atoms with Crippen molar-refractivity contribution in [2.75, 3.05) is 5.43 Å². The number of amides is 2. The first-order chi connectivity index (χ1) is 15.0. The normalized spacial score (nSPS) is 18.6. The third-order valence-corrected chi connectivity index (χ3v) is 7.01. The number of thiophene rings is 2. The summed E-state index contributed by atoms with van der Waals surface area (Å²) in [7, 11) is 0. The molecule has 2 aliphatic rings. The number of carbonyl (C=O) groups excluding carboxylic acids is 2. The highest BCUT2D eigenvalue weighted by atomic mass is 32.1. The maximum Gasteiger partial charge on any atom is 0.275 e. The number of aromatic nitrogens is 2. The minimum absolute atomic E-state index is 0.374. The van der Waals surface area contributed by atoms with Crippen LogP contribution in [0.15, 0.2) is 59.0 Å². The van der Waals surface area contributed by atoms with Crippen molar-refractivity contribution in [3.8, 4) is 10.7 Å². The Bertz CT molecular complexity index is 1290. The molecule has 2 N–H and O–H groups in total. The number of allylic oxidation sites excluding steroid dienone is 2. The highest BCUT2D eigenvalue weighted by Gasteiger charge is 2.30. The van der Waals surface area contributed by atoms with Crippen molar-refractivity contribution in [1.29, 1.82) is 0 Å². The first-order valence-electron chi connectivity index (χ1n) is 9.71. The van der Waals surface area contributed by atoms with Crippen LogP contribution in [0.1, 0.15) is 18.2 Å². The topological polar surface area (TPSA) is 95.4 Å². The predicted molar refractivity (Wildman–Crippen MR) is 122 cm³/mol. The van der Waals surface area contributed by atoms with Crippen molar-refractivity contribution in [2.45, 2.75) is 25.9 Å². The Morgan fingerprint density at radius 3 is 2.90 bits per heavy atom. The zero-order valence-corrected chi connectivity index (χ0v) is 18.2. The van der Waals surface area contributed by atoms with Gasteiger partial charge in [-0.05, 0) is 36.4 Å². The molecule has 3 aromatic heterocycles. The van der Waals surface area contributed by atoms with Gasteiger partial charge >= 0.3 is 0 Å². The molecule has 0 aromatic carbocycles. The van der Waals surface area contributed by atoms with Crippen LogP contribution in [-0.2, 0) is 16.0 Å². The Balaban J connectivity index is 1.56. The van der Waals surface area contributed by atoms with Gasteiger partial charge in [0.1, 0.15) is 4.83 Å². The second-order valence-corrected chi connectivity index (χ2v) is 9.38. The molecule has 4 heterocycles. The van der Waals surface area contributed by atoms with E-state index in [4.69, 9.17) is 4.98 Å². The standard InChI is InChI=1S/C22H18N4O3S2/c1-12-9-18(28)26(22(12)29)25-19-15-11-14(10-13-5-2-3-6-16(13)27)31-21(15)24-20(23-19)17-7-4-8-30-17/h2-5,7-9,11,16,27H,6,10H2,1H3,(H,23,24,25). The summed E-state index contributed by atoms with van der Waals surface area (Å²) in [4.78, 5) is 36.6. The van der Waals surface area contributed by atoms with Gasteiger partial charge in [-0.1, -0.05) is 24.3 Å². The number of hydrazine groups is 1. The summed E-state index contributed by atoms with van der Waals surface area (Å²) in [5, 5.41) is 13.9. The van der Waals surface area contributed by atoms with E-state index in [1.807, 2.05) is 41.8 Å².